The molecule has 9 heteroatoms. The Labute approximate surface area is 134 Å². The van der Waals surface area contributed by atoms with E-state index in [1.165, 1.54) is 24.5 Å². The molecule has 2 amide bonds. The second-order valence-corrected chi connectivity index (χ2v) is 6.55. The highest BCUT2D eigenvalue weighted by Crippen LogP contribution is 2.24. The largest absolute Gasteiger partial charge is 0.480 e. The summed E-state index contributed by atoms with van der Waals surface area (Å²) in [5.74, 6) is -1.01. The molecule has 21 heavy (non-hydrogen) atoms. The van der Waals surface area contributed by atoms with E-state index in [1.807, 2.05) is 0 Å². The van der Waals surface area contributed by atoms with Crippen molar-refractivity contribution in [2.75, 3.05) is 17.3 Å². The molecule has 0 saturated heterocycles. The van der Waals surface area contributed by atoms with E-state index in [4.69, 9.17) is 28.3 Å². The second-order valence-electron chi connectivity index (χ2n) is 4.18. The van der Waals surface area contributed by atoms with Crippen LogP contribution in [0.5, 0.6) is 0 Å². The van der Waals surface area contributed by atoms with E-state index in [0.29, 0.717) is 10.7 Å². The van der Waals surface area contributed by atoms with Crippen molar-refractivity contribution in [3.63, 3.8) is 0 Å². The van der Waals surface area contributed by atoms with Crippen LogP contribution in [0.4, 0.5) is 10.5 Å². The number of anilines is 1. The number of rotatable bonds is 6. The van der Waals surface area contributed by atoms with Gasteiger partial charge in [0, 0.05) is 28.5 Å². The molecule has 0 saturated carbocycles. The molecule has 0 spiro atoms. The highest BCUT2D eigenvalue weighted by molar-refractivity contribution is 7.84. The fraction of sp³-hybridized carbons (Fsp3) is 0.333. The van der Waals surface area contributed by atoms with Gasteiger partial charge in [-0.3, -0.25) is 4.21 Å². The maximum Gasteiger partial charge on any atom is 0.326 e. The second kappa shape index (κ2) is 8.21. The van der Waals surface area contributed by atoms with Crippen LogP contribution in [0.25, 0.3) is 0 Å². The molecule has 0 bridgehead atoms. The van der Waals surface area contributed by atoms with Gasteiger partial charge in [0.25, 0.3) is 0 Å². The molecule has 0 aliphatic carbocycles. The van der Waals surface area contributed by atoms with Crippen LogP contribution >= 0.6 is 23.2 Å². The smallest absolute Gasteiger partial charge is 0.326 e. The summed E-state index contributed by atoms with van der Waals surface area (Å²) in [7, 11) is -1.13. The molecule has 6 nitrogen and oxygen atoms in total. The van der Waals surface area contributed by atoms with Gasteiger partial charge < -0.3 is 15.7 Å². The van der Waals surface area contributed by atoms with Crippen molar-refractivity contribution in [2.24, 2.45) is 0 Å². The maximum absolute atomic E-state index is 11.7. The number of hydrogen-bond acceptors (Lipinski definition) is 3. The standard InChI is InChI=1S/C12H14Cl2N2O4S/c1-21(20)5-4-10(11(17)18)16-12(19)15-7-2-3-8(13)9(14)6-7/h2-3,6,10H,4-5H2,1H3,(H,17,18)(H2,15,16,19)/t10-,21-/m0/s1. The molecule has 1 rings (SSSR count). The van der Waals surface area contributed by atoms with Gasteiger partial charge in [0.15, 0.2) is 0 Å². The van der Waals surface area contributed by atoms with E-state index >= 15 is 0 Å². The van der Waals surface area contributed by atoms with Gasteiger partial charge in [-0.25, -0.2) is 9.59 Å². The molecular weight excluding hydrogens is 339 g/mol. The third kappa shape index (κ3) is 6.33. The number of nitrogens with one attached hydrogen (secondary N) is 2. The Kier molecular flexibility index (Phi) is 6.94. The van der Waals surface area contributed by atoms with Crippen LogP contribution in [0, 0.1) is 0 Å². The van der Waals surface area contributed by atoms with Crippen LogP contribution in [0.1, 0.15) is 6.42 Å². The molecule has 116 valence electrons. The van der Waals surface area contributed by atoms with Crippen LogP contribution < -0.4 is 10.6 Å². The van der Waals surface area contributed by atoms with Crippen molar-refractivity contribution < 1.29 is 18.9 Å². The minimum Gasteiger partial charge on any atom is -0.480 e. The summed E-state index contributed by atoms with van der Waals surface area (Å²) in [6.07, 6.45) is 1.54. The van der Waals surface area contributed by atoms with Crippen LogP contribution in [0.3, 0.4) is 0 Å². The van der Waals surface area contributed by atoms with Crippen molar-refractivity contribution in [1.29, 1.82) is 0 Å². The Morgan fingerprint density at radius 3 is 2.52 bits per heavy atom. The molecule has 1 aromatic carbocycles. The molecule has 0 radical (unpaired) electrons. The Morgan fingerprint density at radius 1 is 1.33 bits per heavy atom. The van der Waals surface area contributed by atoms with Crippen molar-refractivity contribution in [3.8, 4) is 0 Å². The first-order valence-electron chi connectivity index (χ1n) is 5.85. The van der Waals surface area contributed by atoms with Gasteiger partial charge in [-0.2, -0.15) is 0 Å². The maximum atomic E-state index is 11.7. The number of carboxylic acid groups (broad SMARTS) is 1. The van der Waals surface area contributed by atoms with Crippen molar-refractivity contribution >= 4 is 51.7 Å². The Bertz CT molecular complexity index is 568. The number of urea groups is 1. The number of hydrogen-bond donors (Lipinski definition) is 3. The quantitative estimate of drug-likeness (QED) is 0.731. The van der Waals surface area contributed by atoms with E-state index in [1.54, 1.807) is 0 Å². The zero-order valence-corrected chi connectivity index (χ0v) is 13.4. The number of halogens is 2. The number of carbonyl (C=O) groups is 2. The lowest BCUT2D eigenvalue weighted by atomic mass is 10.2. The molecule has 0 aromatic heterocycles. The summed E-state index contributed by atoms with van der Waals surface area (Å²) in [6.45, 7) is 0. The zero-order chi connectivity index (χ0) is 16.0. The number of benzene rings is 1. The van der Waals surface area contributed by atoms with Gasteiger partial charge in [-0.15, -0.1) is 0 Å². The lowest BCUT2D eigenvalue weighted by Gasteiger charge is -2.14. The van der Waals surface area contributed by atoms with E-state index in [-0.39, 0.29) is 17.2 Å². The van der Waals surface area contributed by atoms with E-state index < -0.39 is 28.8 Å². The molecule has 2 atom stereocenters. The van der Waals surface area contributed by atoms with Gasteiger partial charge in [-0.1, -0.05) is 23.2 Å². The number of aliphatic carboxylic acids is 1. The Balaban J connectivity index is 2.62. The summed E-state index contributed by atoms with van der Waals surface area (Å²) >= 11 is 11.6. The van der Waals surface area contributed by atoms with Crippen LogP contribution in [0.2, 0.25) is 10.0 Å². The molecule has 0 heterocycles. The predicted molar refractivity (Wildman–Crippen MR) is 83.6 cm³/mol. The van der Waals surface area contributed by atoms with E-state index in [9.17, 15) is 13.8 Å². The lowest BCUT2D eigenvalue weighted by Crippen LogP contribution is -2.43. The topological polar surface area (TPSA) is 95.5 Å². The fourth-order valence-corrected chi connectivity index (χ4v) is 2.31. The van der Waals surface area contributed by atoms with Gasteiger partial charge >= 0.3 is 12.0 Å². The first kappa shape index (κ1) is 17.7. The first-order valence-corrected chi connectivity index (χ1v) is 8.33. The SMILES string of the molecule is C[S@](=O)CC[C@H](NC(=O)Nc1ccc(Cl)c(Cl)c1)C(=O)O. The average Bonchev–Trinajstić information content (AvgIpc) is 2.38. The van der Waals surface area contributed by atoms with Crippen molar-refractivity contribution in [2.45, 2.75) is 12.5 Å². The van der Waals surface area contributed by atoms with Crippen molar-refractivity contribution in [1.82, 2.24) is 5.32 Å². The lowest BCUT2D eigenvalue weighted by molar-refractivity contribution is -0.139. The fourth-order valence-electron chi connectivity index (χ4n) is 1.44. The first-order chi connectivity index (χ1) is 9.79. The average molecular weight is 353 g/mol. The summed E-state index contributed by atoms with van der Waals surface area (Å²) in [5, 5.41) is 14.4. The van der Waals surface area contributed by atoms with Gasteiger partial charge in [0.1, 0.15) is 6.04 Å². The monoisotopic (exact) mass is 352 g/mol. The normalized spacial score (nSPS) is 13.3. The third-order valence-corrected chi connectivity index (χ3v) is 4.02. The highest BCUT2D eigenvalue weighted by Gasteiger charge is 2.20. The van der Waals surface area contributed by atoms with Crippen LogP contribution in [-0.2, 0) is 15.6 Å². The minimum absolute atomic E-state index is 0.0766. The molecule has 0 aliphatic heterocycles. The summed E-state index contributed by atoms with van der Waals surface area (Å²) < 4.78 is 11.0. The van der Waals surface area contributed by atoms with Gasteiger partial charge in [0.2, 0.25) is 0 Å². The highest BCUT2D eigenvalue weighted by atomic mass is 35.5. The molecule has 0 unspecified atom stereocenters. The summed E-state index contributed by atoms with van der Waals surface area (Å²) in [5.41, 5.74) is 0.380. The molecule has 0 aliphatic rings. The molecule has 0 fully saturated rings. The number of amides is 2. The Hall–Kier alpha value is -1.31. The molecule has 1 aromatic rings. The predicted octanol–water partition coefficient (Wildman–Crippen LogP) is 2.34. The van der Waals surface area contributed by atoms with Gasteiger partial charge in [0.05, 0.1) is 10.0 Å². The zero-order valence-electron chi connectivity index (χ0n) is 11.1. The Morgan fingerprint density at radius 2 is 2.00 bits per heavy atom. The molecular formula is C12H14Cl2N2O4S. The third-order valence-electron chi connectivity index (χ3n) is 2.47. The van der Waals surface area contributed by atoms with Crippen molar-refractivity contribution in [3.05, 3.63) is 28.2 Å². The number of carbonyl (C=O) groups excluding carboxylic acids is 1. The van der Waals surface area contributed by atoms with E-state index in [0.717, 1.165) is 0 Å². The molecule has 3 N–H and O–H groups in total. The summed E-state index contributed by atoms with van der Waals surface area (Å²) in [4.78, 5) is 22.7. The van der Waals surface area contributed by atoms with Crippen LogP contribution in [0.15, 0.2) is 18.2 Å². The summed E-state index contributed by atoms with van der Waals surface area (Å²) in [6, 6.07) is 2.68. The minimum atomic E-state index is -1.19. The van der Waals surface area contributed by atoms with Gasteiger partial charge in [-0.05, 0) is 24.6 Å². The van der Waals surface area contributed by atoms with Crippen LogP contribution in [-0.4, -0.2) is 39.4 Å². The van der Waals surface area contributed by atoms with E-state index in [2.05, 4.69) is 10.6 Å². The number of carboxylic acids is 1.